The maximum atomic E-state index is 12.8. The number of carbonyl (C=O) groups is 4. The van der Waals surface area contributed by atoms with Gasteiger partial charge in [-0.1, -0.05) is 19.8 Å². The molecule has 1 rings (SSSR count). The Hall–Kier alpha value is -2.24. The van der Waals surface area contributed by atoms with Crippen LogP contribution >= 0.6 is 0 Å². The fraction of sp³-hybridized carbons (Fsp3) is 0.833. The lowest BCUT2D eigenvalue weighted by atomic mass is 9.94. The fourth-order valence-corrected chi connectivity index (χ4v) is 4.01. The smallest absolute Gasteiger partial charge is 0.326 e. The molecule has 4 atom stereocenters. The van der Waals surface area contributed by atoms with E-state index in [4.69, 9.17) is 5.11 Å². The Morgan fingerprint density at radius 1 is 1.06 bits per heavy atom. The zero-order valence-corrected chi connectivity index (χ0v) is 21.6. The SMILES string of the molecule is CCC(C)N[C@@H](CCC(=O)O)C(=O)NC(CCNC(=O)[C@@H]1CNCCCCCC(C)(C)N1)C(=O)O. The first-order chi connectivity index (χ1) is 16.4. The van der Waals surface area contributed by atoms with Crippen LogP contribution in [0.2, 0.25) is 0 Å². The molecule has 1 heterocycles. The predicted molar refractivity (Wildman–Crippen MR) is 133 cm³/mol. The van der Waals surface area contributed by atoms with Gasteiger partial charge in [0.25, 0.3) is 0 Å². The predicted octanol–water partition coefficient (Wildman–Crippen LogP) is 0.584. The van der Waals surface area contributed by atoms with Crippen LogP contribution in [0.5, 0.6) is 0 Å². The summed E-state index contributed by atoms with van der Waals surface area (Å²) in [7, 11) is 0. The zero-order valence-electron chi connectivity index (χ0n) is 21.6. The van der Waals surface area contributed by atoms with E-state index in [1.54, 1.807) is 0 Å². The van der Waals surface area contributed by atoms with Crippen LogP contribution in [0.1, 0.15) is 79.1 Å². The van der Waals surface area contributed by atoms with E-state index in [0.29, 0.717) is 6.54 Å². The summed E-state index contributed by atoms with van der Waals surface area (Å²) in [4.78, 5) is 48.3. The summed E-state index contributed by atoms with van der Waals surface area (Å²) in [5, 5.41) is 33.6. The van der Waals surface area contributed by atoms with Crippen LogP contribution < -0.4 is 26.6 Å². The Labute approximate surface area is 208 Å². The number of aliphatic carboxylic acids is 2. The average Bonchev–Trinajstić information content (AvgIpc) is 2.78. The number of carbonyl (C=O) groups excluding carboxylic acids is 2. The molecule has 202 valence electrons. The first-order valence-electron chi connectivity index (χ1n) is 12.7. The van der Waals surface area contributed by atoms with Crippen molar-refractivity contribution in [3.8, 4) is 0 Å². The summed E-state index contributed by atoms with van der Waals surface area (Å²) in [5.74, 6) is -3.03. The topological polar surface area (TPSA) is 169 Å². The lowest BCUT2D eigenvalue weighted by molar-refractivity contribution is -0.143. The third kappa shape index (κ3) is 12.9. The van der Waals surface area contributed by atoms with Crippen LogP contribution in [0.25, 0.3) is 0 Å². The van der Waals surface area contributed by atoms with Crippen molar-refractivity contribution >= 4 is 23.8 Å². The summed E-state index contributed by atoms with van der Waals surface area (Å²) < 4.78 is 0. The molecule has 1 saturated heterocycles. The normalized spacial score (nSPS) is 21.2. The summed E-state index contributed by atoms with van der Waals surface area (Å²) in [6.45, 7) is 9.32. The third-order valence-electron chi connectivity index (χ3n) is 6.29. The lowest BCUT2D eigenvalue weighted by Gasteiger charge is -2.32. The van der Waals surface area contributed by atoms with Gasteiger partial charge >= 0.3 is 11.9 Å². The Morgan fingerprint density at radius 3 is 2.40 bits per heavy atom. The molecular weight excluding hydrogens is 454 g/mol. The number of hydrogen-bond acceptors (Lipinski definition) is 7. The van der Waals surface area contributed by atoms with Crippen molar-refractivity contribution < 1.29 is 29.4 Å². The highest BCUT2D eigenvalue weighted by atomic mass is 16.4. The Bertz CT molecular complexity index is 702. The van der Waals surface area contributed by atoms with Gasteiger partial charge in [-0.15, -0.1) is 0 Å². The molecule has 0 spiro atoms. The first kappa shape index (κ1) is 30.8. The second kappa shape index (κ2) is 15.7. The first-order valence-corrected chi connectivity index (χ1v) is 12.7. The zero-order chi connectivity index (χ0) is 26.4. The van der Waals surface area contributed by atoms with E-state index in [-0.39, 0.29) is 43.3 Å². The minimum absolute atomic E-state index is 0.00529. The van der Waals surface area contributed by atoms with Crippen molar-refractivity contribution in [3.05, 3.63) is 0 Å². The van der Waals surface area contributed by atoms with E-state index in [2.05, 4.69) is 40.4 Å². The largest absolute Gasteiger partial charge is 0.481 e. The van der Waals surface area contributed by atoms with Gasteiger partial charge in [-0.2, -0.15) is 0 Å². The van der Waals surface area contributed by atoms with E-state index in [1.807, 2.05) is 13.8 Å². The molecule has 35 heavy (non-hydrogen) atoms. The highest BCUT2D eigenvalue weighted by Crippen LogP contribution is 2.15. The van der Waals surface area contributed by atoms with Crippen LogP contribution in [-0.2, 0) is 19.2 Å². The highest BCUT2D eigenvalue weighted by Gasteiger charge is 2.29. The molecule has 0 aromatic heterocycles. The van der Waals surface area contributed by atoms with Crippen LogP contribution in [0, 0.1) is 0 Å². The van der Waals surface area contributed by atoms with Gasteiger partial charge in [0.05, 0.1) is 12.1 Å². The molecule has 2 amide bonds. The summed E-state index contributed by atoms with van der Waals surface area (Å²) in [5.41, 5.74) is -0.202. The third-order valence-corrected chi connectivity index (χ3v) is 6.29. The van der Waals surface area contributed by atoms with Crippen LogP contribution in [0.3, 0.4) is 0 Å². The van der Waals surface area contributed by atoms with Gasteiger partial charge in [0.1, 0.15) is 6.04 Å². The molecule has 2 unspecified atom stereocenters. The number of carboxylic acid groups (broad SMARTS) is 2. The molecule has 0 aromatic rings. The van der Waals surface area contributed by atoms with Crippen molar-refractivity contribution in [2.45, 2.75) is 109 Å². The summed E-state index contributed by atoms with van der Waals surface area (Å²) in [6, 6.07) is -2.52. The van der Waals surface area contributed by atoms with E-state index in [9.17, 15) is 24.3 Å². The van der Waals surface area contributed by atoms with Gasteiger partial charge in [-0.25, -0.2) is 4.79 Å². The molecule has 11 nitrogen and oxygen atoms in total. The van der Waals surface area contributed by atoms with E-state index < -0.39 is 36.0 Å². The van der Waals surface area contributed by atoms with Gasteiger partial charge in [-0.05, 0) is 59.4 Å². The Kier molecular flexibility index (Phi) is 13.8. The van der Waals surface area contributed by atoms with E-state index in [1.165, 1.54) is 0 Å². The quantitative estimate of drug-likeness (QED) is 0.192. The molecule has 0 saturated carbocycles. The maximum absolute atomic E-state index is 12.8. The number of hydrogen-bond donors (Lipinski definition) is 7. The van der Waals surface area contributed by atoms with Gasteiger partial charge in [0, 0.05) is 31.1 Å². The molecule has 1 fully saturated rings. The van der Waals surface area contributed by atoms with Gasteiger partial charge in [0.15, 0.2) is 0 Å². The molecule has 7 N–H and O–H groups in total. The number of amides is 2. The molecule has 1 aliphatic heterocycles. The van der Waals surface area contributed by atoms with Crippen LogP contribution in [0.15, 0.2) is 0 Å². The number of rotatable bonds is 13. The monoisotopic (exact) mass is 499 g/mol. The lowest BCUT2D eigenvalue weighted by Crippen LogP contribution is -2.57. The van der Waals surface area contributed by atoms with Gasteiger partial charge < -0.3 is 31.5 Å². The summed E-state index contributed by atoms with van der Waals surface area (Å²) in [6.07, 6.45) is 4.80. The molecular formula is C24H45N5O6. The van der Waals surface area contributed by atoms with Crippen molar-refractivity contribution in [3.63, 3.8) is 0 Å². The van der Waals surface area contributed by atoms with Crippen LogP contribution in [0.4, 0.5) is 0 Å². The fourth-order valence-electron chi connectivity index (χ4n) is 4.01. The Morgan fingerprint density at radius 2 is 1.77 bits per heavy atom. The molecule has 0 aromatic carbocycles. The maximum Gasteiger partial charge on any atom is 0.326 e. The number of nitrogens with one attached hydrogen (secondary N) is 5. The van der Waals surface area contributed by atoms with Gasteiger partial charge in [-0.3, -0.25) is 19.7 Å². The van der Waals surface area contributed by atoms with Crippen molar-refractivity contribution in [2.75, 3.05) is 19.6 Å². The molecule has 0 bridgehead atoms. The summed E-state index contributed by atoms with van der Waals surface area (Å²) >= 11 is 0. The van der Waals surface area contributed by atoms with Crippen LogP contribution in [-0.4, -0.2) is 83.3 Å². The minimum atomic E-state index is -1.22. The van der Waals surface area contributed by atoms with Gasteiger partial charge in [0.2, 0.25) is 11.8 Å². The van der Waals surface area contributed by atoms with E-state index in [0.717, 1.165) is 38.6 Å². The molecule has 11 heteroatoms. The second-order valence-corrected chi connectivity index (χ2v) is 10.0. The minimum Gasteiger partial charge on any atom is -0.481 e. The molecule has 0 aliphatic carbocycles. The highest BCUT2D eigenvalue weighted by molar-refractivity contribution is 5.87. The average molecular weight is 500 g/mol. The molecule has 0 radical (unpaired) electrons. The molecule has 1 aliphatic rings. The second-order valence-electron chi connectivity index (χ2n) is 10.0. The van der Waals surface area contributed by atoms with Crippen molar-refractivity contribution in [1.29, 1.82) is 0 Å². The van der Waals surface area contributed by atoms with E-state index >= 15 is 0 Å². The van der Waals surface area contributed by atoms with Crippen molar-refractivity contribution in [2.24, 2.45) is 0 Å². The standard InChI is InChI=1S/C24H45N5O6/c1-5-16(2)27-17(9-10-20(30)31)22(33)28-18(23(34)35)11-14-26-21(32)19-15-25-13-8-6-7-12-24(3,4)29-19/h16-19,25,27,29H,5-15H2,1-4H3,(H,26,32)(H,28,33)(H,30,31)(H,34,35)/t16?,17-,18?,19-/m0/s1. The number of carboxylic acids is 2. The Balaban J connectivity index is 2.68. The van der Waals surface area contributed by atoms with Crippen molar-refractivity contribution in [1.82, 2.24) is 26.6 Å².